The van der Waals surface area contributed by atoms with Crippen molar-refractivity contribution in [3.8, 4) is 0 Å². The zero-order valence-electron chi connectivity index (χ0n) is 11.6. The van der Waals surface area contributed by atoms with Crippen molar-refractivity contribution >= 4 is 11.3 Å². The number of hydrogen-bond donors (Lipinski definition) is 2. The number of aryl methyl sites for hydroxylation is 1. The quantitative estimate of drug-likeness (QED) is 0.832. The van der Waals surface area contributed by atoms with Gasteiger partial charge in [-0.3, -0.25) is 0 Å². The SMILES string of the molecule is CCCC1(CNCc2ncc(C)s2)CCNCC1. The second-order valence-corrected chi connectivity index (χ2v) is 6.79. The lowest BCUT2D eigenvalue weighted by Gasteiger charge is -2.38. The van der Waals surface area contributed by atoms with Crippen molar-refractivity contribution in [2.75, 3.05) is 19.6 Å². The largest absolute Gasteiger partial charge is 0.317 e. The molecule has 0 radical (unpaired) electrons. The number of aromatic nitrogens is 1. The highest BCUT2D eigenvalue weighted by atomic mass is 32.1. The number of nitrogens with zero attached hydrogens (tertiary/aromatic N) is 1. The molecule has 1 aromatic rings. The van der Waals surface area contributed by atoms with Gasteiger partial charge in [0.15, 0.2) is 0 Å². The predicted octanol–water partition coefficient (Wildman–Crippen LogP) is 2.71. The Balaban J connectivity index is 1.82. The first-order valence-corrected chi connectivity index (χ1v) is 7.88. The Morgan fingerprint density at radius 2 is 2.22 bits per heavy atom. The molecule has 0 amide bonds. The molecule has 0 aliphatic carbocycles. The van der Waals surface area contributed by atoms with Crippen LogP contribution in [0.4, 0.5) is 0 Å². The number of piperidine rings is 1. The van der Waals surface area contributed by atoms with E-state index in [1.54, 1.807) is 11.3 Å². The normalized spacial score (nSPS) is 19.0. The standard InChI is InChI=1S/C14H25N3S/c1-3-4-14(5-7-15-8-6-14)11-16-10-13-17-9-12(2)18-13/h9,15-16H,3-8,10-11H2,1-2H3. The van der Waals surface area contributed by atoms with E-state index < -0.39 is 0 Å². The van der Waals surface area contributed by atoms with Crippen LogP contribution >= 0.6 is 11.3 Å². The van der Waals surface area contributed by atoms with Crippen LogP contribution in [0.5, 0.6) is 0 Å². The minimum absolute atomic E-state index is 0.520. The molecule has 0 bridgehead atoms. The van der Waals surface area contributed by atoms with Crippen LogP contribution < -0.4 is 10.6 Å². The van der Waals surface area contributed by atoms with Gasteiger partial charge in [0.2, 0.25) is 0 Å². The van der Waals surface area contributed by atoms with Gasteiger partial charge in [-0.05, 0) is 44.7 Å². The molecule has 102 valence electrons. The Morgan fingerprint density at radius 1 is 1.44 bits per heavy atom. The van der Waals surface area contributed by atoms with Gasteiger partial charge in [-0.15, -0.1) is 11.3 Å². The van der Waals surface area contributed by atoms with Crippen LogP contribution in [0.15, 0.2) is 6.20 Å². The van der Waals surface area contributed by atoms with Crippen LogP contribution in [0, 0.1) is 12.3 Å². The summed E-state index contributed by atoms with van der Waals surface area (Å²) in [5.74, 6) is 0. The highest BCUT2D eigenvalue weighted by Gasteiger charge is 2.30. The van der Waals surface area contributed by atoms with E-state index in [2.05, 4.69) is 29.5 Å². The molecule has 1 saturated heterocycles. The Hall–Kier alpha value is -0.450. The molecular formula is C14H25N3S. The molecule has 1 aliphatic heterocycles. The predicted molar refractivity (Wildman–Crippen MR) is 78.0 cm³/mol. The lowest BCUT2D eigenvalue weighted by Crippen LogP contribution is -2.43. The minimum atomic E-state index is 0.520. The molecule has 4 heteroatoms. The summed E-state index contributed by atoms with van der Waals surface area (Å²) in [6.07, 6.45) is 7.22. The molecule has 18 heavy (non-hydrogen) atoms. The summed E-state index contributed by atoms with van der Waals surface area (Å²) in [4.78, 5) is 5.71. The summed E-state index contributed by atoms with van der Waals surface area (Å²) >= 11 is 1.80. The lowest BCUT2D eigenvalue weighted by molar-refractivity contribution is 0.176. The molecule has 1 aliphatic rings. The zero-order chi connectivity index (χ0) is 12.8. The average molecular weight is 267 g/mol. The van der Waals surface area contributed by atoms with E-state index in [1.165, 1.54) is 48.7 Å². The van der Waals surface area contributed by atoms with Crippen LogP contribution in [0.3, 0.4) is 0 Å². The van der Waals surface area contributed by atoms with E-state index in [-0.39, 0.29) is 0 Å². The molecule has 2 N–H and O–H groups in total. The van der Waals surface area contributed by atoms with Crippen LogP contribution in [0.2, 0.25) is 0 Å². The smallest absolute Gasteiger partial charge is 0.107 e. The van der Waals surface area contributed by atoms with Gasteiger partial charge in [0, 0.05) is 24.2 Å². The van der Waals surface area contributed by atoms with E-state index in [4.69, 9.17) is 0 Å². The fourth-order valence-corrected chi connectivity index (χ4v) is 3.68. The summed E-state index contributed by atoms with van der Waals surface area (Å²) in [5, 5.41) is 8.32. The van der Waals surface area contributed by atoms with Gasteiger partial charge in [0.1, 0.15) is 5.01 Å². The second-order valence-electron chi connectivity index (χ2n) is 5.47. The van der Waals surface area contributed by atoms with E-state index in [0.717, 1.165) is 13.1 Å². The van der Waals surface area contributed by atoms with Crippen molar-refractivity contribution in [1.29, 1.82) is 0 Å². The van der Waals surface area contributed by atoms with Crippen molar-refractivity contribution in [2.45, 2.75) is 46.1 Å². The molecule has 0 aromatic carbocycles. The molecule has 1 fully saturated rings. The first-order chi connectivity index (χ1) is 8.74. The Labute approximate surface area is 114 Å². The summed E-state index contributed by atoms with van der Waals surface area (Å²) < 4.78 is 0. The van der Waals surface area contributed by atoms with Gasteiger partial charge in [0.25, 0.3) is 0 Å². The third kappa shape index (κ3) is 3.77. The highest BCUT2D eigenvalue weighted by Crippen LogP contribution is 2.33. The average Bonchev–Trinajstić information content (AvgIpc) is 2.77. The van der Waals surface area contributed by atoms with E-state index in [0.29, 0.717) is 5.41 Å². The van der Waals surface area contributed by atoms with E-state index in [1.807, 2.05) is 6.20 Å². The molecule has 0 spiro atoms. The first kappa shape index (κ1) is 14.0. The monoisotopic (exact) mass is 267 g/mol. The van der Waals surface area contributed by atoms with Crippen molar-refractivity contribution in [2.24, 2.45) is 5.41 Å². The number of nitrogens with one attached hydrogen (secondary N) is 2. The second kappa shape index (κ2) is 6.64. The fraction of sp³-hybridized carbons (Fsp3) is 0.786. The summed E-state index contributed by atoms with van der Waals surface area (Å²) in [6.45, 7) is 8.84. The van der Waals surface area contributed by atoms with Gasteiger partial charge < -0.3 is 10.6 Å². The van der Waals surface area contributed by atoms with Gasteiger partial charge in [-0.1, -0.05) is 13.3 Å². The van der Waals surface area contributed by atoms with Crippen LogP contribution in [-0.2, 0) is 6.54 Å². The molecular weight excluding hydrogens is 242 g/mol. The number of rotatable bonds is 6. The topological polar surface area (TPSA) is 37.0 Å². The number of thiazole rings is 1. The van der Waals surface area contributed by atoms with Crippen molar-refractivity contribution in [1.82, 2.24) is 15.6 Å². The third-order valence-electron chi connectivity index (χ3n) is 3.89. The summed E-state index contributed by atoms with van der Waals surface area (Å²) in [5.41, 5.74) is 0.520. The lowest BCUT2D eigenvalue weighted by atomic mass is 9.75. The molecule has 2 heterocycles. The summed E-state index contributed by atoms with van der Waals surface area (Å²) in [7, 11) is 0. The van der Waals surface area contributed by atoms with Gasteiger partial charge >= 0.3 is 0 Å². The van der Waals surface area contributed by atoms with Gasteiger partial charge in [0.05, 0.1) is 0 Å². The van der Waals surface area contributed by atoms with Crippen molar-refractivity contribution in [3.05, 3.63) is 16.1 Å². The molecule has 0 saturated carbocycles. The molecule has 0 unspecified atom stereocenters. The van der Waals surface area contributed by atoms with Crippen LogP contribution in [-0.4, -0.2) is 24.6 Å². The van der Waals surface area contributed by atoms with Crippen molar-refractivity contribution in [3.63, 3.8) is 0 Å². The van der Waals surface area contributed by atoms with Crippen LogP contribution in [0.25, 0.3) is 0 Å². The molecule has 0 atom stereocenters. The maximum Gasteiger partial charge on any atom is 0.107 e. The maximum atomic E-state index is 4.41. The van der Waals surface area contributed by atoms with Crippen molar-refractivity contribution < 1.29 is 0 Å². The fourth-order valence-electron chi connectivity index (χ4n) is 2.92. The third-order valence-corrected chi connectivity index (χ3v) is 4.80. The Bertz CT molecular complexity index is 350. The molecule has 1 aromatic heterocycles. The van der Waals surface area contributed by atoms with Crippen LogP contribution in [0.1, 0.15) is 42.5 Å². The highest BCUT2D eigenvalue weighted by molar-refractivity contribution is 7.11. The Kier molecular flexibility index (Phi) is 5.15. The van der Waals surface area contributed by atoms with E-state index in [9.17, 15) is 0 Å². The minimum Gasteiger partial charge on any atom is -0.317 e. The summed E-state index contributed by atoms with van der Waals surface area (Å²) in [6, 6.07) is 0. The number of hydrogen-bond acceptors (Lipinski definition) is 4. The molecule has 3 nitrogen and oxygen atoms in total. The maximum absolute atomic E-state index is 4.41. The van der Waals surface area contributed by atoms with E-state index >= 15 is 0 Å². The first-order valence-electron chi connectivity index (χ1n) is 7.07. The van der Waals surface area contributed by atoms with Gasteiger partial charge in [-0.25, -0.2) is 4.98 Å². The molecule has 2 rings (SSSR count). The Morgan fingerprint density at radius 3 is 2.83 bits per heavy atom. The zero-order valence-corrected chi connectivity index (χ0v) is 12.4. The van der Waals surface area contributed by atoms with Gasteiger partial charge in [-0.2, -0.15) is 0 Å².